The van der Waals surface area contributed by atoms with Crippen molar-refractivity contribution in [3.05, 3.63) is 42.0 Å². The van der Waals surface area contributed by atoms with Gasteiger partial charge in [-0.15, -0.1) is 0 Å². The van der Waals surface area contributed by atoms with Gasteiger partial charge >= 0.3 is 0 Å². The Balaban J connectivity index is 1.43. The summed E-state index contributed by atoms with van der Waals surface area (Å²) in [7, 11) is 0. The van der Waals surface area contributed by atoms with Crippen molar-refractivity contribution in [3.8, 4) is 0 Å². The molecule has 0 saturated heterocycles. The summed E-state index contributed by atoms with van der Waals surface area (Å²) in [6.07, 6.45) is 9.19. The minimum Gasteiger partial charge on any atom is -0.435 e. The lowest BCUT2D eigenvalue weighted by Crippen LogP contribution is -2.50. The molecule has 4 fully saturated rings. The summed E-state index contributed by atoms with van der Waals surface area (Å²) in [5.41, 5.74) is 0.927. The van der Waals surface area contributed by atoms with E-state index in [-0.39, 0.29) is 11.3 Å². The fraction of sp³-hybridized carbons (Fsp3) is 0.500. The first-order valence-electron chi connectivity index (χ1n) is 8.78. The number of ketones is 1. The molecule has 1 aliphatic heterocycles. The Kier molecular flexibility index (Phi) is 2.82. The minimum absolute atomic E-state index is 0.0142. The van der Waals surface area contributed by atoms with Crippen LogP contribution in [-0.4, -0.2) is 17.2 Å². The van der Waals surface area contributed by atoms with E-state index in [1.165, 1.54) is 19.3 Å². The quantitative estimate of drug-likeness (QED) is 0.828. The molecule has 118 valence electrons. The number of carbonyl (C=O) groups excluding carboxylic acids is 1. The SMILES string of the molecule is O=C1C=C(c2ccccc2)OC1=NC12CC3CC(CC(C3)C1)C2. The number of nitrogens with zero attached hydrogens (tertiary/aromatic N) is 1. The molecule has 0 unspecified atom stereocenters. The molecule has 3 nitrogen and oxygen atoms in total. The van der Waals surface area contributed by atoms with Gasteiger partial charge in [0.15, 0.2) is 0 Å². The normalized spacial score (nSPS) is 39.7. The van der Waals surface area contributed by atoms with Gasteiger partial charge in [-0.1, -0.05) is 30.3 Å². The number of aliphatic imine (C=N–C) groups is 1. The van der Waals surface area contributed by atoms with E-state index in [4.69, 9.17) is 9.73 Å². The van der Waals surface area contributed by atoms with Crippen molar-refractivity contribution in [2.75, 3.05) is 0 Å². The Morgan fingerprint density at radius 3 is 2.17 bits per heavy atom. The van der Waals surface area contributed by atoms with Gasteiger partial charge in [0.05, 0.1) is 5.54 Å². The lowest BCUT2D eigenvalue weighted by atomic mass is 9.53. The van der Waals surface area contributed by atoms with E-state index in [0.717, 1.165) is 42.6 Å². The molecule has 0 atom stereocenters. The maximum Gasteiger partial charge on any atom is 0.264 e. The Labute approximate surface area is 136 Å². The van der Waals surface area contributed by atoms with Crippen molar-refractivity contribution in [1.29, 1.82) is 0 Å². The molecule has 4 aliphatic carbocycles. The third-order valence-electron chi connectivity index (χ3n) is 6.08. The van der Waals surface area contributed by atoms with Crippen molar-refractivity contribution >= 4 is 17.4 Å². The van der Waals surface area contributed by atoms with Crippen LogP contribution >= 0.6 is 0 Å². The molecular weight excluding hydrogens is 286 g/mol. The number of ether oxygens (including phenoxy) is 1. The molecule has 0 N–H and O–H groups in total. The summed E-state index contributed by atoms with van der Waals surface area (Å²) in [5.74, 6) is 3.36. The predicted molar refractivity (Wildman–Crippen MR) is 88.8 cm³/mol. The summed E-state index contributed by atoms with van der Waals surface area (Å²) in [4.78, 5) is 17.3. The summed E-state index contributed by atoms with van der Waals surface area (Å²) >= 11 is 0. The smallest absolute Gasteiger partial charge is 0.264 e. The maximum atomic E-state index is 12.3. The monoisotopic (exact) mass is 307 g/mol. The zero-order valence-electron chi connectivity index (χ0n) is 13.2. The van der Waals surface area contributed by atoms with Gasteiger partial charge in [-0.25, -0.2) is 4.99 Å². The lowest BCUT2D eigenvalue weighted by Gasteiger charge is -2.54. The van der Waals surface area contributed by atoms with E-state index < -0.39 is 0 Å². The second-order valence-corrected chi connectivity index (χ2v) is 7.90. The first-order valence-corrected chi connectivity index (χ1v) is 8.78. The molecule has 0 spiro atoms. The highest BCUT2D eigenvalue weighted by Crippen LogP contribution is 2.57. The van der Waals surface area contributed by atoms with Crippen molar-refractivity contribution in [2.24, 2.45) is 22.7 Å². The van der Waals surface area contributed by atoms with Crippen molar-refractivity contribution in [3.63, 3.8) is 0 Å². The van der Waals surface area contributed by atoms with Crippen LogP contribution in [0.15, 0.2) is 41.4 Å². The van der Waals surface area contributed by atoms with Crippen LogP contribution in [0.5, 0.6) is 0 Å². The summed E-state index contributed by atoms with van der Waals surface area (Å²) in [6, 6.07) is 9.81. The second-order valence-electron chi connectivity index (χ2n) is 7.90. The molecule has 1 aromatic rings. The summed E-state index contributed by atoms with van der Waals surface area (Å²) in [5, 5.41) is 0. The Bertz CT molecular complexity index is 681. The largest absolute Gasteiger partial charge is 0.435 e. The average molecular weight is 307 g/mol. The van der Waals surface area contributed by atoms with Gasteiger partial charge in [-0.05, 0) is 56.3 Å². The molecule has 6 rings (SSSR count). The molecule has 23 heavy (non-hydrogen) atoms. The number of rotatable bonds is 2. The van der Waals surface area contributed by atoms with Crippen LogP contribution in [0, 0.1) is 17.8 Å². The van der Waals surface area contributed by atoms with Gasteiger partial charge in [0, 0.05) is 11.6 Å². The number of carbonyl (C=O) groups is 1. The van der Waals surface area contributed by atoms with Gasteiger partial charge in [-0.3, -0.25) is 4.79 Å². The molecule has 0 amide bonds. The van der Waals surface area contributed by atoms with Crippen molar-refractivity contribution in [2.45, 2.75) is 44.1 Å². The molecule has 0 radical (unpaired) electrons. The van der Waals surface area contributed by atoms with Crippen LogP contribution in [0.4, 0.5) is 0 Å². The van der Waals surface area contributed by atoms with Crippen LogP contribution in [0.1, 0.15) is 44.1 Å². The fourth-order valence-electron chi connectivity index (χ4n) is 5.60. The molecule has 4 bridgehead atoms. The summed E-state index contributed by atoms with van der Waals surface area (Å²) < 4.78 is 5.86. The van der Waals surface area contributed by atoms with Gasteiger partial charge in [0.2, 0.25) is 5.78 Å². The van der Waals surface area contributed by atoms with Crippen LogP contribution < -0.4 is 0 Å². The topological polar surface area (TPSA) is 38.7 Å². The Morgan fingerprint density at radius 1 is 0.957 bits per heavy atom. The minimum atomic E-state index is -0.0698. The van der Waals surface area contributed by atoms with Gasteiger partial charge in [-0.2, -0.15) is 0 Å². The van der Waals surface area contributed by atoms with Crippen molar-refractivity contribution < 1.29 is 9.53 Å². The number of hydrogen-bond acceptors (Lipinski definition) is 3. The molecule has 1 heterocycles. The number of benzene rings is 1. The third-order valence-corrected chi connectivity index (χ3v) is 6.08. The predicted octanol–water partition coefficient (Wildman–Crippen LogP) is 3.99. The Morgan fingerprint density at radius 2 is 1.57 bits per heavy atom. The van der Waals surface area contributed by atoms with E-state index in [0.29, 0.717) is 11.7 Å². The first-order chi connectivity index (χ1) is 11.2. The highest BCUT2D eigenvalue weighted by molar-refractivity contribution is 6.45. The zero-order valence-corrected chi connectivity index (χ0v) is 13.2. The molecule has 1 aromatic carbocycles. The van der Waals surface area contributed by atoms with Crippen LogP contribution in [-0.2, 0) is 9.53 Å². The van der Waals surface area contributed by atoms with Crippen LogP contribution in [0.3, 0.4) is 0 Å². The standard InChI is InChI=1S/C20H21NO2/c22-17-9-18(16-4-2-1-3-5-16)23-19(17)21-20-10-13-6-14(11-20)8-15(7-13)12-20/h1-5,9,13-15H,6-8,10-12H2. The average Bonchev–Trinajstić information content (AvgIpc) is 2.87. The molecular formula is C20H21NO2. The van der Waals surface area contributed by atoms with Gasteiger partial charge in [0.1, 0.15) is 5.76 Å². The van der Waals surface area contributed by atoms with Crippen molar-refractivity contribution in [1.82, 2.24) is 0 Å². The van der Waals surface area contributed by atoms with E-state index in [9.17, 15) is 4.79 Å². The molecule has 0 aromatic heterocycles. The first kappa shape index (κ1) is 13.5. The molecule has 5 aliphatic rings. The highest BCUT2D eigenvalue weighted by Gasteiger charge is 2.51. The molecule has 4 saturated carbocycles. The highest BCUT2D eigenvalue weighted by atomic mass is 16.5. The maximum absolute atomic E-state index is 12.3. The zero-order chi connectivity index (χ0) is 15.4. The van der Waals surface area contributed by atoms with E-state index in [2.05, 4.69) is 0 Å². The second kappa shape index (κ2) is 4.80. The van der Waals surface area contributed by atoms with Gasteiger partial charge < -0.3 is 4.74 Å². The fourth-order valence-corrected chi connectivity index (χ4v) is 5.60. The number of hydrogen-bond donors (Lipinski definition) is 0. The van der Waals surface area contributed by atoms with Crippen LogP contribution in [0.25, 0.3) is 5.76 Å². The summed E-state index contributed by atoms with van der Waals surface area (Å²) in [6.45, 7) is 0. The van der Waals surface area contributed by atoms with E-state index >= 15 is 0 Å². The Hall–Kier alpha value is -1.90. The lowest BCUT2D eigenvalue weighted by molar-refractivity contribution is -0.109. The van der Waals surface area contributed by atoms with Crippen LogP contribution in [0.2, 0.25) is 0 Å². The molecule has 3 heteroatoms. The van der Waals surface area contributed by atoms with E-state index in [1.54, 1.807) is 6.08 Å². The van der Waals surface area contributed by atoms with E-state index in [1.807, 2.05) is 30.3 Å². The third kappa shape index (κ3) is 2.25. The van der Waals surface area contributed by atoms with Gasteiger partial charge in [0.25, 0.3) is 5.90 Å².